The Morgan fingerprint density at radius 3 is 2.26 bits per heavy atom. The molecular weight excluding hydrogens is 444 g/mol. The van der Waals surface area contributed by atoms with Crippen LogP contribution in [-0.2, 0) is 14.3 Å². The fraction of sp³-hybridized carbons (Fsp3) is 0.464. The molecule has 1 aliphatic carbocycles. The molecule has 4 unspecified atom stereocenters. The summed E-state index contributed by atoms with van der Waals surface area (Å²) in [6.07, 6.45) is 0.679. The quantitative estimate of drug-likeness (QED) is 0.611. The number of carboxylic acid groups (broad SMARTS) is 1. The topological polar surface area (TPSA) is 95.9 Å². The van der Waals surface area contributed by atoms with E-state index in [2.05, 4.69) is 29.6 Å². The van der Waals surface area contributed by atoms with Gasteiger partial charge in [0.2, 0.25) is 5.91 Å². The first-order valence-electron chi connectivity index (χ1n) is 12.4. The minimum atomic E-state index is -0.889. The van der Waals surface area contributed by atoms with Crippen LogP contribution in [0.1, 0.15) is 50.7 Å². The van der Waals surface area contributed by atoms with Crippen LogP contribution in [0.2, 0.25) is 0 Å². The maximum atomic E-state index is 13.4. The second-order valence-corrected chi connectivity index (χ2v) is 9.83. The maximum absolute atomic E-state index is 13.4. The van der Waals surface area contributed by atoms with Crippen molar-refractivity contribution in [3.05, 3.63) is 59.7 Å². The van der Waals surface area contributed by atoms with Gasteiger partial charge in [0.1, 0.15) is 12.6 Å². The number of benzene rings is 2. The van der Waals surface area contributed by atoms with Crippen LogP contribution in [0.3, 0.4) is 0 Å². The normalized spacial score (nSPS) is 20.9. The molecule has 4 rings (SSSR count). The van der Waals surface area contributed by atoms with Crippen LogP contribution in [0, 0.1) is 17.8 Å². The van der Waals surface area contributed by atoms with Crippen LogP contribution in [0.5, 0.6) is 0 Å². The molecule has 0 saturated carbocycles. The lowest BCUT2D eigenvalue weighted by atomic mass is 9.86. The van der Waals surface area contributed by atoms with Gasteiger partial charge in [-0.05, 0) is 40.5 Å². The van der Waals surface area contributed by atoms with Crippen LogP contribution in [0.4, 0.5) is 4.79 Å². The monoisotopic (exact) mass is 478 g/mol. The van der Waals surface area contributed by atoms with Crippen molar-refractivity contribution in [2.45, 2.75) is 45.6 Å². The van der Waals surface area contributed by atoms with E-state index in [1.807, 2.05) is 45.0 Å². The Kier molecular flexibility index (Phi) is 7.43. The lowest BCUT2D eigenvalue weighted by Crippen LogP contribution is -2.55. The Morgan fingerprint density at radius 1 is 1.09 bits per heavy atom. The number of hydrogen-bond donors (Lipinski definition) is 2. The maximum Gasteiger partial charge on any atom is 0.407 e. The van der Waals surface area contributed by atoms with E-state index >= 15 is 0 Å². The molecule has 2 aliphatic rings. The molecule has 2 amide bonds. The van der Waals surface area contributed by atoms with Gasteiger partial charge in [-0.15, -0.1) is 0 Å². The van der Waals surface area contributed by atoms with Gasteiger partial charge < -0.3 is 20.1 Å². The van der Waals surface area contributed by atoms with Crippen molar-refractivity contribution in [3.63, 3.8) is 0 Å². The van der Waals surface area contributed by atoms with Gasteiger partial charge in [-0.25, -0.2) is 4.79 Å². The second-order valence-electron chi connectivity index (χ2n) is 9.83. The third-order valence-electron chi connectivity index (χ3n) is 7.68. The van der Waals surface area contributed by atoms with Crippen molar-refractivity contribution in [2.24, 2.45) is 17.8 Å². The van der Waals surface area contributed by atoms with E-state index < -0.39 is 24.0 Å². The van der Waals surface area contributed by atoms with Crippen LogP contribution in [0.15, 0.2) is 48.5 Å². The molecule has 7 heteroatoms. The highest BCUT2D eigenvalue weighted by Gasteiger charge is 2.38. The summed E-state index contributed by atoms with van der Waals surface area (Å²) in [5.41, 5.74) is 4.55. The summed E-state index contributed by atoms with van der Waals surface area (Å²) in [4.78, 5) is 39.4. The van der Waals surface area contributed by atoms with Crippen molar-refractivity contribution in [1.29, 1.82) is 0 Å². The van der Waals surface area contributed by atoms with E-state index in [1.165, 1.54) is 0 Å². The number of nitrogens with zero attached hydrogens (tertiary/aromatic N) is 1. The Hall–Kier alpha value is -3.35. The number of aliphatic carboxylic acids is 1. The fourth-order valence-corrected chi connectivity index (χ4v) is 5.24. The molecular formula is C28H34N2O5. The molecule has 4 atom stereocenters. The highest BCUT2D eigenvalue weighted by atomic mass is 16.5. The van der Waals surface area contributed by atoms with E-state index in [-0.39, 0.29) is 36.8 Å². The summed E-state index contributed by atoms with van der Waals surface area (Å²) >= 11 is 0. The Labute approximate surface area is 206 Å². The number of likely N-dealkylation sites (tertiary alicyclic amines) is 1. The number of rotatable bonds is 7. The molecule has 1 aliphatic heterocycles. The summed E-state index contributed by atoms with van der Waals surface area (Å²) < 4.78 is 5.66. The third-order valence-corrected chi connectivity index (χ3v) is 7.68. The summed E-state index contributed by atoms with van der Waals surface area (Å²) in [6, 6.07) is 15.5. The highest BCUT2D eigenvalue weighted by molar-refractivity contribution is 5.87. The number of fused-ring (bicyclic) bond motifs is 3. The first-order chi connectivity index (χ1) is 16.8. The van der Waals surface area contributed by atoms with Gasteiger partial charge in [-0.2, -0.15) is 0 Å². The molecule has 0 spiro atoms. The van der Waals surface area contributed by atoms with Gasteiger partial charge in [-0.3, -0.25) is 9.59 Å². The Bertz CT molecular complexity index is 1050. The number of piperidine rings is 1. The minimum Gasteiger partial charge on any atom is -0.481 e. The largest absolute Gasteiger partial charge is 0.481 e. The molecule has 2 aromatic carbocycles. The number of nitrogens with one attached hydrogen (secondary N) is 1. The van der Waals surface area contributed by atoms with E-state index in [0.29, 0.717) is 19.4 Å². The van der Waals surface area contributed by atoms with Crippen LogP contribution in [-0.4, -0.2) is 53.7 Å². The molecule has 186 valence electrons. The van der Waals surface area contributed by atoms with Gasteiger partial charge in [0, 0.05) is 19.0 Å². The van der Waals surface area contributed by atoms with Gasteiger partial charge in [0.15, 0.2) is 0 Å². The number of amides is 2. The lowest BCUT2D eigenvalue weighted by molar-refractivity contribution is -0.149. The smallest absolute Gasteiger partial charge is 0.407 e. The number of carboxylic acids is 1. The van der Waals surface area contributed by atoms with Crippen molar-refractivity contribution in [1.82, 2.24) is 10.2 Å². The van der Waals surface area contributed by atoms with E-state index in [0.717, 1.165) is 22.3 Å². The molecule has 35 heavy (non-hydrogen) atoms. The standard InChI is InChI=1S/C28H34N2O5/c1-4-17(2)25(26(31)30-14-13-18(3)23(15-30)27(32)33)29-28(34)35-16-24-21-11-7-5-9-19(21)20-10-6-8-12-22(20)24/h5-12,17-18,23-25H,4,13-16H2,1-3H3,(H,29,34)(H,32,33). The summed E-state index contributed by atoms with van der Waals surface area (Å²) in [5.74, 6) is -1.91. The predicted molar refractivity (Wildman–Crippen MR) is 133 cm³/mol. The van der Waals surface area contributed by atoms with Gasteiger partial charge in [0.25, 0.3) is 0 Å². The number of hydrogen-bond acceptors (Lipinski definition) is 4. The van der Waals surface area contributed by atoms with Crippen molar-refractivity contribution in [2.75, 3.05) is 19.7 Å². The van der Waals surface area contributed by atoms with Crippen molar-refractivity contribution in [3.8, 4) is 11.1 Å². The minimum absolute atomic E-state index is 0.00805. The number of carbonyl (C=O) groups is 3. The molecule has 2 N–H and O–H groups in total. The Morgan fingerprint density at radius 2 is 1.69 bits per heavy atom. The molecule has 0 bridgehead atoms. The summed E-state index contributed by atoms with van der Waals surface area (Å²) in [6.45, 7) is 6.60. The third kappa shape index (κ3) is 5.04. The number of carbonyl (C=O) groups excluding carboxylic acids is 2. The average Bonchev–Trinajstić information content (AvgIpc) is 3.19. The van der Waals surface area contributed by atoms with Crippen LogP contribution in [0.25, 0.3) is 11.1 Å². The molecule has 0 radical (unpaired) electrons. The van der Waals surface area contributed by atoms with E-state index in [9.17, 15) is 19.5 Å². The van der Waals surface area contributed by atoms with E-state index in [4.69, 9.17) is 4.74 Å². The molecule has 1 saturated heterocycles. The first-order valence-corrected chi connectivity index (χ1v) is 12.4. The summed E-state index contributed by atoms with van der Waals surface area (Å²) in [7, 11) is 0. The second kappa shape index (κ2) is 10.5. The van der Waals surface area contributed by atoms with Crippen LogP contribution >= 0.6 is 0 Å². The van der Waals surface area contributed by atoms with Gasteiger partial charge in [0.05, 0.1) is 5.92 Å². The van der Waals surface area contributed by atoms with Crippen molar-refractivity contribution < 1.29 is 24.2 Å². The van der Waals surface area contributed by atoms with E-state index in [1.54, 1.807) is 4.90 Å². The lowest BCUT2D eigenvalue weighted by Gasteiger charge is -2.37. The first kappa shape index (κ1) is 24.8. The number of alkyl carbamates (subject to hydrolysis) is 1. The van der Waals surface area contributed by atoms with Gasteiger partial charge in [-0.1, -0.05) is 75.7 Å². The molecule has 2 aromatic rings. The Balaban J connectivity index is 1.43. The van der Waals surface area contributed by atoms with Gasteiger partial charge >= 0.3 is 12.1 Å². The zero-order chi connectivity index (χ0) is 25.1. The summed E-state index contributed by atoms with van der Waals surface area (Å²) in [5, 5.41) is 12.3. The number of ether oxygens (including phenoxy) is 1. The molecule has 0 aromatic heterocycles. The zero-order valence-electron chi connectivity index (χ0n) is 20.6. The molecule has 1 heterocycles. The van der Waals surface area contributed by atoms with Crippen LogP contribution < -0.4 is 5.32 Å². The van der Waals surface area contributed by atoms with Crippen molar-refractivity contribution >= 4 is 18.0 Å². The SMILES string of the molecule is CCC(C)C(NC(=O)OCC1c2ccccc2-c2ccccc21)C(=O)N1CCC(C)C(C(=O)O)C1. The molecule has 1 fully saturated rings. The highest BCUT2D eigenvalue weighted by Crippen LogP contribution is 2.44. The predicted octanol–water partition coefficient (Wildman–Crippen LogP) is 4.51. The zero-order valence-corrected chi connectivity index (χ0v) is 20.6. The molecule has 7 nitrogen and oxygen atoms in total. The average molecular weight is 479 g/mol. The fourth-order valence-electron chi connectivity index (χ4n) is 5.24.